The van der Waals surface area contributed by atoms with Crippen molar-refractivity contribution >= 4 is 17.9 Å². The molecule has 72 heavy (non-hydrogen) atoms. The topological polar surface area (TPSA) is 78.9 Å². The van der Waals surface area contributed by atoms with E-state index in [-0.39, 0.29) is 37.5 Å². The molecule has 0 saturated carbocycles. The number of carbonyl (C=O) groups excluding carboxylic acids is 3. The maximum atomic E-state index is 12.8. The highest BCUT2D eigenvalue weighted by Crippen LogP contribution is 2.16. The quantitative estimate of drug-likeness (QED) is 0.0261. The average molecular weight is 1000 g/mol. The molecule has 0 saturated heterocycles. The van der Waals surface area contributed by atoms with Gasteiger partial charge in [0.05, 0.1) is 0 Å². The van der Waals surface area contributed by atoms with Gasteiger partial charge < -0.3 is 14.2 Å². The Hall–Kier alpha value is -3.93. The molecule has 6 nitrogen and oxygen atoms in total. The molecule has 0 spiro atoms. The molecule has 0 aliphatic carbocycles. The van der Waals surface area contributed by atoms with Gasteiger partial charge in [0.2, 0.25) is 0 Å². The SMILES string of the molecule is CC/C=C\C/C=C\C/C=C\C/C=C\C/C=C\CCCC(=O)OC(COC(=O)CCCCCCCCCC)COC(=O)CCCCCCCCCCCCCCCCCC/C=C\C/C=C\C/C=C\C/C=C\CC. The molecule has 6 heteroatoms. The maximum Gasteiger partial charge on any atom is 0.306 e. The summed E-state index contributed by atoms with van der Waals surface area (Å²) in [5.41, 5.74) is 0. The van der Waals surface area contributed by atoms with Crippen molar-refractivity contribution in [2.24, 2.45) is 0 Å². The van der Waals surface area contributed by atoms with Crippen LogP contribution in [0.3, 0.4) is 0 Å². The number of carbonyl (C=O) groups is 3. The zero-order chi connectivity index (χ0) is 52.2. The lowest BCUT2D eigenvalue weighted by Crippen LogP contribution is -2.30. The van der Waals surface area contributed by atoms with Gasteiger partial charge in [0.1, 0.15) is 13.2 Å². The maximum absolute atomic E-state index is 12.8. The number of rotatable bonds is 53. The van der Waals surface area contributed by atoms with Gasteiger partial charge in [-0.1, -0.05) is 265 Å². The van der Waals surface area contributed by atoms with E-state index in [2.05, 4.69) is 130 Å². The van der Waals surface area contributed by atoms with E-state index in [0.29, 0.717) is 19.3 Å². The van der Waals surface area contributed by atoms with Crippen LogP contribution in [0.15, 0.2) is 109 Å². The summed E-state index contributed by atoms with van der Waals surface area (Å²) in [4.78, 5) is 38.0. The van der Waals surface area contributed by atoms with Crippen molar-refractivity contribution in [3.8, 4) is 0 Å². The minimum absolute atomic E-state index is 0.0990. The Labute approximate surface area is 444 Å². The number of hydrogen-bond acceptors (Lipinski definition) is 6. The van der Waals surface area contributed by atoms with Crippen LogP contribution in [0.2, 0.25) is 0 Å². The highest BCUT2D eigenvalue weighted by molar-refractivity contribution is 5.71. The van der Waals surface area contributed by atoms with Gasteiger partial charge in [-0.2, -0.15) is 0 Å². The van der Waals surface area contributed by atoms with Crippen molar-refractivity contribution in [2.45, 2.75) is 277 Å². The second kappa shape index (κ2) is 59.6. The minimum Gasteiger partial charge on any atom is -0.462 e. The summed E-state index contributed by atoms with van der Waals surface area (Å²) in [6, 6.07) is 0. The van der Waals surface area contributed by atoms with Gasteiger partial charge in [-0.15, -0.1) is 0 Å². The van der Waals surface area contributed by atoms with E-state index in [4.69, 9.17) is 14.2 Å². The van der Waals surface area contributed by atoms with E-state index < -0.39 is 6.10 Å². The summed E-state index contributed by atoms with van der Waals surface area (Å²) in [6.45, 7) is 6.34. The third-order valence-electron chi connectivity index (χ3n) is 12.5. The number of ether oxygens (including phenoxy) is 3. The summed E-state index contributed by atoms with van der Waals surface area (Å²) in [5, 5.41) is 0. The lowest BCUT2D eigenvalue weighted by Gasteiger charge is -2.18. The van der Waals surface area contributed by atoms with Gasteiger partial charge >= 0.3 is 17.9 Å². The molecule has 0 fully saturated rings. The minimum atomic E-state index is -0.805. The van der Waals surface area contributed by atoms with Crippen LogP contribution >= 0.6 is 0 Å². The average Bonchev–Trinajstić information content (AvgIpc) is 3.38. The zero-order valence-electron chi connectivity index (χ0n) is 46.9. The fourth-order valence-electron chi connectivity index (χ4n) is 8.12. The largest absolute Gasteiger partial charge is 0.462 e. The first-order valence-corrected chi connectivity index (χ1v) is 29.9. The van der Waals surface area contributed by atoms with Gasteiger partial charge in [0.25, 0.3) is 0 Å². The zero-order valence-corrected chi connectivity index (χ0v) is 46.9. The van der Waals surface area contributed by atoms with Crippen LogP contribution in [0.4, 0.5) is 0 Å². The summed E-state index contributed by atoms with van der Waals surface area (Å²) >= 11 is 0. The first-order chi connectivity index (χ1) is 35.5. The number of hydrogen-bond donors (Lipinski definition) is 0. The molecule has 0 heterocycles. The third kappa shape index (κ3) is 57.0. The number of allylic oxidation sites excluding steroid dienone is 18. The van der Waals surface area contributed by atoms with Crippen LogP contribution in [-0.2, 0) is 28.6 Å². The van der Waals surface area contributed by atoms with E-state index in [1.54, 1.807) is 0 Å². The molecule has 0 amide bonds. The fraction of sp³-hybridized carbons (Fsp3) is 0.682. The monoisotopic (exact) mass is 999 g/mol. The second-order valence-corrected chi connectivity index (χ2v) is 19.5. The van der Waals surface area contributed by atoms with Crippen LogP contribution in [0.5, 0.6) is 0 Å². The van der Waals surface area contributed by atoms with Crippen LogP contribution in [-0.4, -0.2) is 37.2 Å². The molecule has 0 aromatic heterocycles. The molecule has 0 N–H and O–H groups in total. The molecule has 410 valence electrons. The molecule has 0 aliphatic rings. The van der Waals surface area contributed by atoms with Crippen molar-refractivity contribution in [1.82, 2.24) is 0 Å². The van der Waals surface area contributed by atoms with E-state index in [1.807, 2.05) is 0 Å². The molecule has 1 atom stereocenters. The first kappa shape index (κ1) is 68.1. The molecule has 0 aromatic carbocycles. The predicted molar refractivity (Wildman–Crippen MR) is 311 cm³/mol. The molecule has 1 unspecified atom stereocenters. The third-order valence-corrected chi connectivity index (χ3v) is 12.5. The van der Waals surface area contributed by atoms with Crippen molar-refractivity contribution < 1.29 is 28.6 Å². The molecule has 0 radical (unpaired) electrons. The van der Waals surface area contributed by atoms with E-state index in [1.165, 1.54) is 122 Å². The van der Waals surface area contributed by atoms with Crippen LogP contribution in [0, 0.1) is 0 Å². The Morgan fingerprint density at radius 2 is 0.556 bits per heavy atom. The van der Waals surface area contributed by atoms with Crippen molar-refractivity contribution in [1.29, 1.82) is 0 Å². The van der Waals surface area contributed by atoms with E-state index in [0.717, 1.165) is 103 Å². The van der Waals surface area contributed by atoms with Gasteiger partial charge in [0.15, 0.2) is 6.10 Å². The van der Waals surface area contributed by atoms with Crippen molar-refractivity contribution in [2.75, 3.05) is 13.2 Å². The van der Waals surface area contributed by atoms with Gasteiger partial charge in [-0.25, -0.2) is 0 Å². The van der Waals surface area contributed by atoms with Crippen LogP contribution < -0.4 is 0 Å². The molecular weight excluding hydrogens is 889 g/mol. The Kier molecular flexibility index (Phi) is 56.4. The first-order valence-electron chi connectivity index (χ1n) is 29.9. The molecule has 0 bridgehead atoms. The van der Waals surface area contributed by atoms with Gasteiger partial charge in [-0.05, 0) is 96.3 Å². The summed E-state index contributed by atoms with van der Waals surface area (Å²) in [6.07, 6.45) is 81.2. The number of unbranched alkanes of at least 4 members (excludes halogenated alkanes) is 24. The lowest BCUT2D eigenvalue weighted by atomic mass is 10.0. The predicted octanol–water partition coefficient (Wildman–Crippen LogP) is 20.3. The Morgan fingerprint density at radius 3 is 0.889 bits per heavy atom. The Balaban J connectivity index is 4.19. The van der Waals surface area contributed by atoms with Gasteiger partial charge in [-0.3, -0.25) is 14.4 Å². The fourth-order valence-corrected chi connectivity index (χ4v) is 8.12. The highest BCUT2D eigenvalue weighted by Gasteiger charge is 2.19. The Bertz CT molecular complexity index is 1470. The standard InChI is InChI=1S/C66H110O6/c1-4-7-10-13-16-19-21-23-25-27-28-29-30-31-32-33-34-35-36-37-38-40-41-43-45-47-50-53-56-59-65(68)71-62-63(61-70-64(67)58-55-52-49-18-15-12-9-6-3)72-66(69)60-57-54-51-48-46-44-42-39-26-24-22-20-17-14-11-8-5-2/h7-8,10-11,16-17,19-20,23-26,28-29,42,44,48,51,63H,4-6,9,12-15,18,21-22,27,30-41,43,45-47,49-50,52-62H2,1-3H3/b10-7-,11-8-,19-16-,20-17-,25-23-,26-24-,29-28-,44-42-,51-48-. The van der Waals surface area contributed by atoms with Crippen molar-refractivity contribution in [3.05, 3.63) is 109 Å². The van der Waals surface area contributed by atoms with E-state index in [9.17, 15) is 14.4 Å². The lowest BCUT2D eigenvalue weighted by molar-refractivity contribution is -0.167. The van der Waals surface area contributed by atoms with Crippen LogP contribution in [0.1, 0.15) is 271 Å². The second-order valence-electron chi connectivity index (χ2n) is 19.5. The molecule has 0 rings (SSSR count). The molecule has 0 aromatic rings. The number of esters is 3. The van der Waals surface area contributed by atoms with E-state index >= 15 is 0 Å². The normalized spacial score (nSPS) is 12.9. The van der Waals surface area contributed by atoms with Crippen LogP contribution in [0.25, 0.3) is 0 Å². The summed E-state index contributed by atoms with van der Waals surface area (Å²) in [5.74, 6) is -0.959. The summed E-state index contributed by atoms with van der Waals surface area (Å²) in [7, 11) is 0. The summed E-state index contributed by atoms with van der Waals surface area (Å²) < 4.78 is 16.8. The van der Waals surface area contributed by atoms with Gasteiger partial charge in [0, 0.05) is 19.3 Å². The highest BCUT2D eigenvalue weighted by atomic mass is 16.6. The molecule has 0 aliphatic heterocycles. The molecular formula is C66H110O6. The van der Waals surface area contributed by atoms with Crippen molar-refractivity contribution in [3.63, 3.8) is 0 Å². The smallest absolute Gasteiger partial charge is 0.306 e. The Morgan fingerprint density at radius 1 is 0.292 bits per heavy atom.